The lowest BCUT2D eigenvalue weighted by molar-refractivity contribution is -0.119. The Bertz CT molecular complexity index is 885. The van der Waals surface area contributed by atoms with Crippen LogP contribution in [0.4, 0.5) is 8.78 Å². The molecule has 0 spiro atoms. The minimum atomic E-state index is -0.920. The molecule has 0 bridgehead atoms. The number of nitrogens with one attached hydrogen (secondary N) is 1. The van der Waals surface area contributed by atoms with Crippen molar-refractivity contribution in [2.24, 2.45) is 0 Å². The van der Waals surface area contributed by atoms with Crippen molar-refractivity contribution in [1.82, 2.24) is 20.1 Å². The second-order valence-corrected chi connectivity index (χ2v) is 6.63. The second-order valence-electron chi connectivity index (χ2n) is 5.59. The SMILES string of the molecule is CC(NC(=O)CSc1ccc(F)c(F)c1)c1ccc(-n2cncn2)cc1. The van der Waals surface area contributed by atoms with Crippen LogP contribution < -0.4 is 5.32 Å². The topological polar surface area (TPSA) is 59.8 Å². The van der Waals surface area contributed by atoms with Gasteiger partial charge in [0.2, 0.25) is 5.91 Å². The molecular weight excluding hydrogens is 358 g/mol. The van der Waals surface area contributed by atoms with Crippen LogP contribution in [-0.2, 0) is 4.79 Å². The first-order chi connectivity index (χ1) is 12.5. The molecule has 26 heavy (non-hydrogen) atoms. The third kappa shape index (κ3) is 4.45. The molecule has 3 aromatic rings. The van der Waals surface area contributed by atoms with E-state index in [9.17, 15) is 13.6 Å². The van der Waals surface area contributed by atoms with Gasteiger partial charge in [-0.05, 0) is 42.8 Å². The van der Waals surface area contributed by atoms with E-state index in [0.717, 1.165) is 35.1 Å². The lowest BCUT2D eigenvalue weighted by atomic mass is 10.1. The molecule has 0 saturated heterocycles. The smallest absolute Gasteiger partial charge is 0.230 e. The van der Waals surface area contributed by atoms with Crippen molar-refractivity contribution in [3.63, 3.8) is 0 Å². The molecule has 3 rings (SSSR count). The van der Waals surface area contributed by atoms with Crippen molar-refractivity contribution in [3.8, 4) is 5.69 Å². The lowest BCUT2D eigenvalue weighted by Crippen LogP contribution is -2.28. The van der Waals surface area contributed by atoms with E-state index in [4.69, 9.17) is 0 Å². The summed E-state index contributed by atoms with van der Waals surface area (Å²) >= 11 is 1.15. The molecule has 0 saturated carbocycles. The zero-order chi connectivity index (χ0) is 18.5. The molecule has 134 valence electrons. The molecule has 1 amide bonds. The fourth-order valence-corrected chi connectivity index (χ4v) is 3.07. The minimum absolute atomic E-state index is 0.118. The van der Waals surface area contributed by atoms with Crippen molar-refractivity contribution < 1.29 is 13.6 Å². The molecule has 0 fully saturated rings. The van der Waals surface area contributed by atoms with Gasteiger partial charge in [0.25, 0.3) is 0 Å². The Kier molecular flexibility index (Phi) is 5.62. The van der Waals surface area contributed by atoms with Crippen LogP contribution >= 0.6 is 11.8 Å². The molecule has 1 N–H and O–H groups in total. The first kappa shape index (κ1) is 18.1. The van der Waals surface area contributed by atoms with Crippen LogP contribution in [-0.4, -0.2) is 26.4 Å². The van der Waals surface area contributed by atoms with Gasteiger partial charge in [0.05, 0.1) is 17.5 Å². The van der Waals surface area contributed by atoms with Crippen molar-refractivity contribution in [1.29, 1.82) is 0 Å². The van der Waals surface area contributed by atoms with Crippen molar-refractivity contribution in [2.75, 3.05) is 5.75 Å². The highest BCUT2D eigenvalue weighted by Crippen LogP contribution is 2.21. The minimum Gasteiger partial charge on any atom is -0.349 e. The summed E-state index contributed by atoms with van der Waals surface area (Å²) in [7, 11) is 0. The van der Waals surface area contributed by atoms with Gasteiger partial charge in [0.15, 0.2) is 11.6 Å². The van der Waals surface area contributed by atoms with Crippen LogP contribution in [0.1, 0.15) is 18.5 Å². The van der Waals surface area contributed by atoms with Gasteiger partial charge in [-0.15, -0.1) is 11.8 Å². The number of rotatable bonds is 6. The number of benzene rings is 2. The van der Waals surface area contributed by atoms with E-state index in [2.05, 4.69) is 15.4 Å². The third-order valence-corrected chi connectivity index (χ3v) is 4.71. The Balaban J connectivity index is 1.54. The number of carbonyl (C=O) groups is 1. The van der Waals surface area contributed by atoms with Gasteiger partial charge < -0.3 is 5.32 Å². The van der Waals surface area contributed by atoms with Crippen LogP contribution in [0.15, 0.2) is 60.0 Å². The highest BCUT2D eigenvalue weighted by atomic mass is 32.2. The molecule has 0 radical (unpaired) electrons. The Hall–Kier alpha value is -2.74. The Labute approximate surface area is 153 Å². The van der Waals surface area contributed by atoms with E-state index in [-0.39, 0.29) is 17.7 Å². The zero-order valence-corrected chi connectivity index (χ0v) is 14.7. The van der Waals surface area contributed by atoms with Gasteiger partial charge in [-0.2, -0.15) is 5.10 Å². The molecule has 1 heterocycles. The van der Waals surface area contributed by atoms with Gasteiger partial charge in [-0.1, -0.05) is 12.1 Å². The molecule has 8 heteroatoms. The molecular formula is C18H16F2N4OS. The summed E-state index contributed by atoms with van der Waals surface area (Å²) in [5, 5.41) is 6.94. The molecule has 1 aromatic heterocycles. The largest absolute Gasteiger partial charge is 0.349 e. The van der Waals surface area contributed by atoms with E-state index in [1.807, 2.05) is 31.2 Å². The second kappa shape index (κ2) is 8.09. The average molecular weight is 374 g/mol. The van der Waals surface area contributed by atoms with Gasteiger partial charge in [-0.3, -0.25) is 4.79 Å². The highest BCUT2D eigenvalue weighted by molar-refractivity contribution is 8.00. The first-order valence-corrected chi connectivity index (χ1v) is 8.83. The number of halogens is 2. The number of thioether (sulfide) groups is 1. The van der Waals surface area contributed by atoms with Gasteiger partial charge in [0, 0.05) is 4.90 Å². The zero-order valence-electron chi connectivity index (χ0n) is 13.9. The van der Waals surface area contributed by atoms with Crippen molar-refractivity contribution in [3.05, 3.63) is 72.3 Å². The van der Waals surface area contributed by atoms with E-state index in [0.29, 0.717) is 4.90 Å². The van der Waals surface area contributed by atoms with Crippen LogP contribution in [0, 0.1) is 11.6 Å². The van der Waals surface area contributed by atoms with E-state index >= 15 is 0 Å². The summed E-state index contributed by atoms with van der Waals surface area (Å²) in [6.07, 6.45) is 3.07. The van der Waals surface area contributed by atoms with Crippen molar-refractivity contribution >= 4 is 17.7 Å². The van der Waals surface area contributed by atoms with E-state index < -0.39 is 11.6 Å². The predicted octanol–water partition coefficient (Wildman–Crippen LogP) is 3.52. The molecule has 0 aliphatic heterocycles. The summed E-state index contributed by atoms with van der Waals surface area (Å²) < 4.78 is 27.7. The van der Waals surface area contributed by atoms with Gasteiger partial charge >= 0.3 is 0 Å². The number of aromatic nitrogens is 3. The van der Waals surface area contributed by atoms with Crippen LogP contribution in [0.2, 0.25) is 0 Å². The van der Waals surface area contributed by atoms with Crippen LogP contribution in [0.3, 0.4) is 0 Å². The molecule has 1 atom stereocenters. The lowest BCUT2D eigenvalue weighted by Gasteiger charge is -2.15. The normalized spacial score (nSPS) is 12.0. The Morgan fingerprint density at radius 1 is 1.19 bits per heavy atom. The quantitative estimate of drug-likeness (QED) is 0.671. The molecule has 0 aliphatic carbocycles. The maximum Gasteiger partial charge on any atom is 0.230 e. The predicted molar refractivity (Wildman–Crippen MR) is 95.0 cm³/mol. The Morgan fingerprint density at radius 3 is 2.62 bits per heavy atom. The summed E-state index contributed by atoms with van der Waals surface area (Å²) in [5.74, 6) is -1.89. The molecule has 0 aliphatic rings. The van der Waals surface area contributed by atoms with E-state index in [1.165, 1.54) is 12.4 Å². The maximum absolute atomic E-state index is 13.2. The number of nitrogens with zero attached hydrogens (tertiary/aromatic N) is 3. The molecule has 1 unspecified atom stereocenters. The maximum atomic E-state index is 13.2. The van der Waals surface area contributed by atoms with Crippen LogP contribution in [0.5, 0.6) is 0 Å². The average Bonchev–Trinajstić information content (AvgIpc) is 3.17. The molecule has 2 aromatic carbocycles. The summed E-state index contributed by atoms with van der Waals surface area (Å²) in [4.78, 5) is 16.5. The summed E-state index contributed by atoms with van der Waals surface area (Å²) in [6.45, 7) is 1.88. The first-order valence-electron chi connectivity index (χ1n) is 7.85. The van der Waals surface area contributed by atoms with Crippen molar-refractivity contribution in [2.45, 2.75) is 17.9 Å². The number of hydrogen-bond acceptors (Lipinski definition) is 4. The summed E-state index contributed by atoms with van der Waals surface area (Å²) in [6, 6.07) is 11.0. The fourth-order valence-electron chi connectivity index (χ4n) is 2.34. The number of amides is 1. The molecule has 5 nitrogen and oxygen atoms in total. The van der Waals surface area contributed by atoms with Gasteiger partial charge in [0.1, 0.15) is 12.7 Å². The fraction of sp³-hybridized carbons (Fsp3) is 0.167. The Morgan fingerprint density at radius 2 is 1.96 bits per heavy atom. The highest BCUT2D eigenvalue weighted by Gasteiger charge is 2.11. The van der Waals surface area contributed by atoms with E-state index in [1.54, 1.807) is 11.0 Å². The van der Waals surface area contributed by atoms with Crippen LogP contribution in [0.25, 0.3) is 5.69 Å². The number of hydrogen-bond donors (Lipinski definition) is 1. The third-order valence-electron chi connectivity index (χ3n) is 3.71. The number of carbonyl (C=O) groups excluding carboxylic acids is 1. The summed E-state index contributed by atoms with van der Waals surface area (Å²) in [5.41, 5.74) is 1.82. The standard InChI is InChI=1S/C18H16F2N4OS/c1-12(13-2-4-14(5-3-13)24-11-21-10-22-24)23-18(25)9-26-15-6-7-16(19)17(20)8-15/h2-8,10-12H,9H2,1H3,(H,23,25). The monoisotopic (exact) mass is 374 g/mol. The van der Waals surface area contributed by atoms with Gasteiger partial charge in [-0.25, -0.2) is 18.4 Å².